The van der Waals surface area contributed by atoms with E-state index >= 15 is 0 Å². The van der Waals surface area contributed by atoms with E-state index in [4.69, 9.17) is 9.47 Å². The van der Waals surface area contributed by atoms with Gasteiger partial charge < -0.3 is 19.5 Å². The SMILES string of the molecule is CCOC(=O)N1C[C@H](C(=O)C2=CC=C(SC)CC2C)[C@@H](c2cc(C)c(OC(C)(C)C(=O)O)c(C)c2)C1. The van der Waals surface area contributed by atoms with Gasteiger partial charge in [0.25, 0.3) is 0 Å². The maximum atomic E-state index is 13.8. The summed E-state index contributed by atoms with van der Waals surface area (Å²) in [5.74, 6) is -0.954. The third-order valence-electron chi connectivity index (χ3n) is 7.00. The van der Waals surface area contributed by atoms with Crippen LogP contribution in [0.25, 0.3) is 0 Å². The molecule has 36 heavy (non-hydrogen) atoms. The lowest BCUT2D eigenvalue weighted by Crippen LogP contribution is -2.38. The fourth-order valence-corrected chi connectivity index (χ4v) is 5.57. The molecule has 0 saturated carbocycles. The highest BCUT2D eigenvalue weighted by atomic mass is 32.2. The van der Waals surface area contributed by atoms with Gasteiger partial charge >= 0.3 is 12.1 Å². The van der Waals surface area contributed by atoms with Crippen LogP contribution in [0, 0.1) is 25.7 Å². The lowest BCUT2D eigenvalue weighted by Gasteiger charge is -2.27. The first-order valence-corrected chi connectivity index (χ1v) is 13.6. The second-order valence-electron chi connectivity index (χ2n) is 10.1. The zero-order valence-corrected chi connectivity index (χ0v) is 23.0. The van der Waals surface area contributed by atoms with Crippen LogP contribution in [0.3, 0.4) is 0 Å². The summed E-state index contributed by atoms with van der Waals surface area (Å²) < 4.78 is 11.1. The topological polar surface area (TPSA) is 93.1 Å². The molecule has 0 bridgehead atoms. The summed E-state index contributed by atoms with van der Waals surface area (Å²) in [4.78, 5) is 40.9. The number of carboxylic acids is 1. The van der Waals surface area contributed by atoms with E-state index in [2.05, 4.69) is 6.92 Å². The molecule has 1 heterocycles. The van der Waals surface area contributed by atoms with Gasteiger partial charge in [-0.15, -0.1) is 11.8 Å². The first-order chi connectivity index (χ1) is 16.9. The highest BCUT2D eigenvalue weighted by molar-refractivity contribution is 8.02. The molecule has 0 aromatic heterocycles. The van der Waals surface area contributed by atoms with Crippen LogP contribution in [0.5, 0.6) is 5.75 Å². The predicted octanol–water partition coefficient (Wildman–Crippen LogP) is 5.50. The van der Waals surface area contributed by atoms with Crippen molar-refractivity contribution >= 4 is 29.6 Å². The quantitative estimate of drug-likeness (QED) is 0.489. The van der Waals surface area contributed by atoms with Crippen molar-refractivity contribution in [1.82, 2.24) is 4.90 Å². The number of ether oxygens (including phenoxy) is 2. The van der Waals surface area contributed by atoms with E-state index in [1.165, 1.54) is 18.8 Å². The Bertz CT molecular complexity index is 1080. The Hall–Kier alpha value is -2.74. The fraction of sp³-hybridized carbons (Fsp3) is 0.536. The smallest absolute Gasteiger partial charge is 0.409 e. The minimum atomic E-state index is -1.38. The number of Topliss-reactive ketones (excluding diaryl/α,β-unsaturated/α-hetero) is 1. The van der Waals surface area contributed by atoms with Gasteiger partial charge in [0.2, 0.25) is 0 Å². The molecule has 3 rings (SSSR count). The van der Waals surface area contributed by atoms with Gasteiger partial charge in [-0.05, 0) is 80.4 Å². The van der Waals surface area contributed by atoms with Crippen molar-refractivity contribution in [2.24, 2.45) is 11.8 Å². The van der Waals surface area contributed by atoms with Crippen LogP contribution >= 0.6 is 11.8 Å². The van der Waals surface area contributed by atoms with Crippen LogP contribution in [0.4, 0.5) is 4.79 Å². The molecule has 1 amide bonds. The maximum Gasteiger partial charge on any atom is 0.409 e. The molecule has 1 fully saturated rings. The molecule has 2 aliphatic rings. The molecular formula is C28H37NO6S. The van der Waals surface area contributed by atoms with Gasteiger partial charge in [-0.2, -0.15) is 0 Å². The van der Waals surface area contributed by atoms with Gasteiger partial charge in [0.1, 0.15) is 5.75 Å². The van der Waals surface area contributed by atoms with Gasteiger partial charge in [-0.25, -0.2) is 9.59 Å². The molecule has 0 radical (unpaired) electrons. The molecular weight excluding hydrogens is 478 g/mol. The average Bonchev–Trinajstić information content (AvgIpc) is 3.26. The highest BCUT2D eigenvalue weighted by Crippen LogP contribution is 2.41. The zero-order chi connectivity index (χ0) is 26.8. The Morgan fingerprint density at radius 3 is 2.31 bits per heavy atom. The largest absolute Gasteiger partial charge is 0.478 e. The summed E-state index contributed by atoms with van der Waals surface area (Å²) in [5.41, 5.74) is 1.93. The minimum absolute atomic E-state index is 0.0679. The Morgan fingerprint density at radius 1 is 1.14 bits per heavy atom. The molecule has 1 N–H and O–H groups in total. The molecule has 0 spiro atoms. The number of aliphatic carboxylic acids is 1. The maximum absolute atomic E-state index is 13.8. The van der Waals surface area contributed by atoms with Crippen molar-refractivity contribution in [2.75, 3.05) is 26.0 Å². The normalized spacial score (nSPS) is 22.1. The van der Waals surface area contributed by atoms with Gasteiger partial charge in [-0.3, -0.25) is 4.79 Å². The zero-order valence-electron chi connectivity index (χ0n) is 22.2. The van der Waals surface area contributed by atoms with Crippen LogP contribution in [0.1, 0.15) is 56.7 Å². The van der Waals surface area contributed by atoms with Crippen molar-refractivity contribution in [3.8, 4) is 5.75 Å². The molecule has 1 aromatic rings. The molecule has 8 heteroatoms. The van der Waals surface area contributed by atoms with E-state index < -0.39 is 23.6 Å². The first kappa shape index (κ1) is 27.8. The number of carbonyl (C=O) groups is 3. The third-order valence-corrected chi connectivity index (χ3v) is 7.83. The molecule has 1 aromatic carbocycles. The van der Waals surface area contributed by atoms with Crippen molar-refractivity contribution < 1.29 is 29.0 Å². The molecule has 1 aliphatic carbocycles. The lowest BCUT2D eigenvalue weighted by molar-refractivity contribution is -0.152. The number of ketones is 1. The number of likely N-dealkylation sites (tertiary alicyclic amines) is 1. The Morgan fingerprint density at radius 2 is 1.78 bits per heavy atom. The summed E-state index contributed by atoms with van der Waals surface area (Å²) >= 11 is 1.70. The second-order valence-corrected chi connectivity index (χ2v) is 11.1. The number of amides is 1. The van der Waals surface area contributed by atoms with E-state index in [9.17, 15) is 19.5 Å². The average molecular weight is 516 g/mol. The summed E-state index contributed by atoms with van der Waals surface area (Å²) in [5, 5.41) is 9.49. The molecule has 1 unspecified atom stereocenters. The Kier molecular flexibility index (Phi) is 8.59. The monoisotopic (exact) mass is 515 g/mol. The molecule has 1 saturated heterocycles. The second kappa shape index (κ2) is 11.1. The Balaban J connectivity index is 1.98. The number of hydrogen-bond donors (Lipinski definition) is 1. The van der Waals surface area contributed by atoms with Gasteiger partial charge in [0, 0.05) is 24.9 Å². The van der Waals surface area contributed by atoms with Crippen LogP contribution in [0.2, 0.25) is 0 Å². The van der Waals surface area contributed by atoms with Crippen LogP contribution in [-0.2, 0) is 14.3 Å². The first-order valence-electron chi connectivity index (χ1n) is 12.3. The fourth-order valence-electron chi connectivity index (χ4n) is 4.95. The summed E-state index contributed by atoms with van der Waals surface area (Å²) in [6.07, 6.45) is 6.42. The Labute approximate surface area is 217 Å². The number of carboxylic acid groups (broad SMARTS) is 1. The van der Waals surface area contributed by atoms with Gasteiger partial charge in [-0.1, -0.05) is 31.2 Å². The summed E-state index contributed by atoms with van der Waals surface area (Å²) in [6.45, 7) is 11.6. The third kappa shape index (κ3) is 5.80. The molecule has 7 nitrogen and oxygen atoms in total. The van der Waals surface area contributed by atoms with E-state index in [1.807, 2.05) is 44.4 Å². The number of rotatable bonds is 8. The van der Waals surface area contributed by atoms with E-state index in [0.29, 0.717) is 18.8 Å². The van der Waals surface area contributed by atoms with Crippen molar-refractivity contribution in [3.05, 3.63) is 51.5 Å². The number of nitrogens with zero attached hydrogens (tertiary/aromatic N) is 1. The number of benzene rings is 1. The minimum Gasteiger partial charge on any atom is -0.478 e. The van der Waals surface area contributed by atoms with E-state index in [0.717, 1.165) is 28.7 Å². The number of aryl methyl sites for hydroxylation is 2. The van der Waals surface area contributed by atoms with E-state index in [-0.39, 0.29) is 24.2 Å². The number of thioether (sulfide) groups is 1. The van der Waals surface area contributed by atoms with Crippen LogP contribution < -0.4 is 4.74 Å². The van der Waals surface area contributed by atoms with Crippen molar-refractivity contribution in [3.63, 3.8) is 0 Å². The van der Waals surface area contributed by atoms with Crippen molar-refractivity contribution in [2.45, 2.75) is 59.5 Å². The number of hydrogen-bond acceptors (Lipinski definition) is 6. The summed E-state index contributed by atoms with van der Waals surface area (Å²) in [6, 6.07) is 3.90. The molecule has 3 atom stereocenters. The molecule has 1 aliphatic heterocycles. The number of allylic oxidation sites excluding steroid dienone is 4. The van der Waals surface area contributed by atoms with Gasteiger partial charge in [0.05, 0.1) is 6.61 Å². The van der Waals surface area contributed by atoms with Crippen molar-refractivity contribution in [1.29, 1.82) is 0 Å². The lowest BCUT2D eigenvalue weighted by atomic mass is 9.78. The standard InChI is InChI=1S/C28H37NO6S/c1-8-34-27(33)29-14-22(23(15-29)24(30)21-10-9-20(36-7)13-16(21)2)19-11-17(3)25(18(4)12-19)35-28(5,6)26(31)32/h9-12,16,22-23H,8,13-15H2,1-7H3,(H,31,32)/t16?,22-,23+/m1/s1. The van der Waals surface area contributed by atoms with Crippen LogP contribution in [0.15, 0.2) is 34.8 Å². The highest BCUT2D eigenvalue weighted by Gasteiger charge is 2.43. The number of carbonyl (C=O) groups excluding carboxylic acids is 2. The predicted molar refractivity (Wildman–Crippen MR) is 142 cm³/mol. The summed E-state index contributed by atoms with van der Waals surface area (Å²) in [7, 11) is 0. The van der Waals surface area contributed by atoms with Gasteiger partial charge in [0.15, 0.2) is 11.4 Å². The van der Waals surface area contributed by atoms with Crippen LogP contribution in [-0.4, -0.2) is 59.4 Å². The van der Waals surface area contributed by atoms with E-state index in [1.54, 1.807) is 23.6 Å². The molecule has 196 valence electrons.